The zero-order valence-corrected chi connectivity index (χ0v) is 15.4. The lowest BCUT2D eigenvalue weighted by atomic mass is 10.1. The van der Waals surface area contributed by atoms with Crippen LogP contribution < -0.4 is 5.32 Å². The van der Waals surface area contributed by atoms with E-state index < -0.39 is 0 Å². The van der Waals surface area contributed by atoms with Crippen LogP contribution in [0.4, 0.5) is 0 Å². The summed E-state index contributed by atoms with van der Waals surface area (Å²) in [5.41, 5.74) is 2.49. The van der Waals surface area contributed by atoms with Crippen LogP contribution in [-0.4, -0.2) is 34.0 Å². The van der Waals surface area contributed by atoms with Crippen LogP contribution >= 0.6 is 0 Å². The van der Waals surface area contributed by atoms with Crippen LogP contribution in [0.3, 0.4) is 0 Å². The standard InChI is InChI=1S/C21H20N4O3/c1-28-25(15-17-6-4-10-23-13-17)21(27)19-8-2-7-18(11-19)20(26)24-14-16-5-3-9-22-12-16/h2-13H,14-15H2,1H3,(H,24,26). The van der Waals surface area contributed by atoms with E-state index >= 15 is 0 Å². The summed E-state index contributed by atoms with van der Waals surface area (Å²) in [6, 6.07) is 13.9. The number of hydrogen-bond acceptors (Lipinski definition) is 5. The summed E-state index contributed by atoms with van der Waals surface area (Å²) in [4.78, 5) is 38.5. The van der Waals surface area contributed by atoms with Crippen molar-refractivity contribution in [3.63, 3.8) is 0 Å². The Labute approximate surface area is 163 Å². The summed E-state index contributed by atoms with van der Waals surface area (Å²) in [6.07, 6.45) is 6.69. The van der Waals surface area contributed by atoms with Gasteiger partial charge in [-0.05, 0) is 41.5 Å². The van der Waals surface area contributed by atoms with E-state index in [4.69, 9.17) is 4.84 Å². The number of hydroxylamine groups is 2. The fourth-order valence-corrected chi connectivity index (χ4v) is 2.60. The van der Waals surface area contributed by atoms with Crippen molar-refractivity contribution in [1.29, 1.82) is 0 Å². The molecule has 0 saturated carbocycles. The Hall–Kier alpha value is -3.58. The third-order valence-electron chi connectivity index (χ3n) is 4.04. The molecule has 0 spiro atoms. The van der Waals surface area contributed by atoms with Gasteiger partial charge in [-0.25, -0.2) is 5.06 Å². The molecule has 142 valence electrons. The maximum absolute atomic E-state index is 12.8. The van der Waals surface area contributed by atoms with E-state index in [1.54, 1.807) is 55.1 Å². The van der Waals surface area contributed by atoms with Gasteiger partial charge < -0.3 is 5.32 Å². The Balaban J connectivity index is 1.68. The molecular formula is C21H20N4O3. The zero-order chi connectivity index (χ0) is 19.8. The van der Waals surface area contributed by atoms with Gasteiger partial charge in [-0.15, -0.1) is 0 Å². The molecule has 0 atom stereocenters. The van der Waals surface area contributed by atoms with Crippen molar-refractivity contribution in [2.75, 3.05) is 7.11 Å². The monoisotopic (exact) mass is 376 g/mol. The lowest BCUT2D eigenvalue weighted by Crippen LogP contribution is -2.30. The molecule has 0 radical (unpaired) electrons. The van der Waals surface area contributed by atoms with E-state index in [1.807, 2.05) is 18.2 Å². The lowest BCUT2D eigenvalue weighted by Gasteiger charge is -2.20. The lowest BCUT2D eigenvalue weighted by molar-refractivity contribution is -0.102. The van der Waals surface area contributed by atoms with E-state index in [-0.39, 0.29) is 18.4 Å². The molecule has 0 bridgehead atoms. The van der Waals surface area contributed by atoms with Crippen LogP contribution in [0, 0.1) is 0 Å². The first-order chi connectivity index (χ1) is 13.7. The van der Waals surface area contributed by atoms with E-state index in [9.17, 15) is 9.59 Å². The van der Waals surface area contributed by atoms with Crippen molar-refractivity contribution in [2.24, 2.45) is 0 Å². The third-order valence-corrected chi connectivity index (χ3v) is 4.04. The van der Waals surface area contributed by atoms with Crippen LogP contribution in [0.5, 0.6) is 0 Å². The first-order valence-electron chi connectivity index (χ1n) is 8.69. The fourth-order valence-electron chi connectivity index (χ4n) is 2.60. The van der Waals surface area contributed by atoms with Crippen LogP contribution in [0.25, 0.3) is 0 Å². The number of amides is 2. The van der Waals surface area contributed by atoms with E-state index in [0.717, 1.165) is 11.1 Å². The van der Waals surface area contributed by atoms with Gasteiger partial charge in [-0.1, -0.05) is 18.2 Å². The summed E-state index contributed by atoms with van der Waals surface area (Å²) in [7, 11) is 1.43. The van der Waals surface area contributed by atoms with Crippen molar-refractivity contribution in [2.45, 2.75) is 13.1 Å². The quantitative estimate of drug-likeness (QED) is 0.641. The molecule has 0 aliphatic carbocycles. The maximum Gasteiger partial charge on any atom is 0.277 e. The van der Waals surface area contributed by atoms with Gasteiger partial charge >= 0.3 is 0 Å². The number of carbonyl (C=O) groups is 2. The highest BCUT2D eigenvalue weighted by Crippen LogP contribution is 2.12. The van der Waals surface area contributed by atoms with Gasteiger partial charge in [0.25, 0.3) is 11.8 Å². The average Bonchev–Trinajstić information content (AvgIpc) is 2.77. The Morgan fingerprint density at radius 2 is 1.64 bits per heavy atom. The van der Waals surface area contributed by atoms with Crippen molar-refractivity contribution < 1.29 is 14.4 Å². The predicted octanol–water partition coefficient (Wildman–Crippen LogP) is 2.61. The second-order valence-corrected chi connectivity index (χ2v) is 6.01. The molecule has 3 rings (SSSR count). The van der Waals surface area contributed by atoms with Crippen LogP contribution in [0.2, 0.25) is 0 Å². The molecule has 2 heterocycles. The number of aromatic nitrogens is 2. The molecule has 0 unspecified atom stereocenters. The molecule has 1 N–H and O–H groups in total. The molecule has 3 aromatic rings. The summed E-state index contributed by atoms with van der Waals surface area (Å²) in [5, 5.41) is 4.05. The largest absolute Gasteiger partial charge is 0.348 e. The van der Waals surface area contributed by atoms with Gasteiger partial charge in [0.2, 0.25) is 0 Å². The minimum absolute atomic E-state index is 0.251. The number of pyridine rings is 2. The summed E-state index contributed by atoms with van der Waals surface area (Å²) in [6.45, 7) is 0.608. The molecule has 0 saturated heterocycles. The van der Waals surface area contributed by atoms with Crippen molar-refractivity contribution in [3.8, 4) is 0 Å². The van der Waals surface area contributed by atoms with E-state index in [1.165, 1.54) is 12.2 Å². The number of benzene rings is 1. The minimum atomic E-state index is -0.340. The SMILES string of the molecule is CON(Cc1cccnc1)C(=O)c1cccc(C(=O)NCc2cccnc2)c1. The van der Waals surface area contributed by atoms with Gasteiger partial charge in [0.1, 0.15) is 0 Å². The second kappa shape index (κ2) is 9.38. The van der Waals surface area contributed by atoms with Crippen LogP contribution in [0.15, 0.2) is 73.3 Å². The number of nitrogens with one attached hydrogen (secondary N) is 1. The van der Waals surface area contributed by atoms with Crippen molar-refractivity contribution >= 4 is 11.8 Å². The molecule has 1 aromatic carbocycles. The zero-order valence-electron chi connectivity index (χ0n) is 15.4. The molecule has 7 heteroatoms. The average molecular weight is 376 g/mol. The Morgan fingerprint density at radius 1 is 0.964 bits per heavy atom. The molecule has 0 fully saturated rings. The molecule has 7 nitrogen and oxygen atoms in total. The minimum Gasteiger partial charge on any atom is -0.348 e. The predicted molar refractivity (Wildman–Crippen MR) is 103 cm³/mol. The topological polar surface area (TPSA) is 84.4 Å². The summed E-state index contributed by atoms with van der Waals surface area (Å²) in [5.74, 6) is -0.608. The molecule has 2 aromatic heterocycles. The van der Waals surface area contributed by atoms with Crippen molar-refractivity contribution in [1.82, 2.24) is 20.3 Å². The molecule has 0 aliphatic rings. The third kappa shape index (κ3) is 4.99. The first kappa shape index (κ1) is 19.2. The smallest absolute Gasteiger partial charge is 0.277 e. The van der Waals surface area contributed by atoms with Gasteiger partial charge in [0.05, 0.1) is 13.7 Å². The highest BCUT2D eigenvalue weighted by atomic mass is 16.7. The Kier molecular flexibility index (Phi) is 6.43. The fraction of sp³-hybridized carbons (Fsp3) is 0.143. The highest BCUT2D eigenvalue weighted by molar-refractivity contribution is 5.99. The summed E-state index contributed by atoms with van der Waals surface area (Å²) >= 11 is 0. The van der Waals surface area contributed by atoms with Crippen LogP contribution in [-0.2, 0) is 17.9 Å². The Morgan fingerprint density at radius 3 is 2.29 bits per heavy atom. The maximum atomic E-state index is 12.8. The molecular weight excluding hydrogens is 356 g/mol. The molecule has 2 amide bonds. The molecule has 0 aliphatic heterocycles. The first-order valence-corrected chi connectivity index (χ1v) is 8.69. The van der Waals surface area contributed by atoms with E-state index in [2.05, 4.69) is 15.3 Å². The second-order valence-electron chi connectivity index (χ2n) is 6.01. The number of hydrogen-bond donors (Lipinski definition) is 1. The van der Waals surface area contributed by atoms with E-state index in [0.29, 0.717) is 17.7 Å². The number of rotatable bonds is 7. The summed E-state index contributed by atoms with van der Waals surface area (Å²) < 4.78 is 0. The van der Waals surface area contributed by atoms with Gasteiger partial charge in [-0.2, -0.15) is 0 Å². The number of nitrogens with zero attached hydrogens (tertiary/aromatic N) is 3. The number of carbonyl (C=O) groups excluding carboxylic acids is 2. The Bertz CT molecular complexity index is 933. The van der Waals surface area contributed by atoms with Crippen molar-refractivity contribution in [3.05, 3.63) is 95.6 Å². The molecule has 28 heavy (non-hydrogen) atoms. The van der Waals surface area contributed by atoms with Gasteiger partial charge in [-0.3, -0.25) is 24.4 Å². The van der Waals surface area contributed by atoms with Crippen LogP contribution in [0.1, 0.15) is 31.8 Å². The highest BCUT2D eigenvalue weighted by Gasteiger charge is 2.18. The van der Waals surface area contributed by atoms with Gasteiger partial charge in [0, 0.05) is 42.5 Å². The van der Waals surface area contributed by atoms with Gasteiger partial charge in [0.15, 0.2) is 0 Å². The normalized spacial score (nSPS) is 10.3.